The van der Waals surface area contributed by atoms with Gasteiger partial charge in [0.15, 0.2) is 0 Å². The lowest BCUT2D eigenvalue weighted by atomic mass is 10.3. The average Bonchev–Trinajstić information content (AvgIpc) is 2.66. The summed E-state index contributed by atoms with van der Waals surface area (Å²) >= 11 is 0. The Bertz CT molecular complexity index is 339. The Morgan fingerprint density at radius 3 is 2.80 bits per heavy atom. The molecule has 15 heavy (non-hydrogen) atoms. The molecule has 1 rings (SSSR count). The molecule has 0 aliphatic heterocycles. The van der Waals surface area contributed by atoms with Gasteiger partial charge in [0.2, 0.25) is 0 Å². The van der Waals surface area contributed by atoms with Gasteiger partial charge in [0, 0.05) is 20.2 Å². The lowest BCUT2D eigenvalue weighted by Crippen LogP contribution is -2.21. The van der Waals surface area contributed by atoms with Crippen LogP contribution in [-0.4, -0.2) is 31.6 Å². The lowest BCUT2D eigenvalue weighted by Gasteiger charge is -2.14. The summed E-state index contributed by atoms with van der Waals surface area (Å²) < 4.78 is 10.1. The molecule has 1 aromatic heterocycles. The Labute approximate surface area is 89.1 Å². The second kappa shape index (κ2) is 5.24. The van der Waals surface area contributed by atoms with Crippen molar-refractivity contribution in [3.63, 3.8) is 0 Å². The van der Waals surface area contributed by atoms with Crippen molar-refractivity contribution in [3.8, 4) is 0 Å². The highest BCUT2D eigenvalue weighted by atomic mass is 16.5. The number of carbonyl (C=O) groups excluding carboxylic acids is 1. The molecule has 0 unspecified atom stereocenters. The van der Waals surface area contributed by atoms with E-state index < -0.39 is 0 Å². The third-order valence-electron chi connectivity index (χ3n) is 1.79. The number of likely N-dealkylation sites (N-methyl/N-ethyl adjacent to an activating group) is 1. The molecule has 0 bridgehead atoms. The van der Waals surface area contributed by atoms with E-state index in [1.54, 1.807) is 50.4 Å². The SMILES string of the molecule is CCOC(=O)C(=Cc1ccco1)N(C)C. The molecule has 0 aliphatic rings. The van der Waals surface area contributed by atoms with Crippen molar-refractivity contribution in [1.29, 1.82) is 0 Å². The number of ether oxygens (including phenoxy) is 1. The van der Waals surface area contributed by atoms with E-state index in [1.165, 1.54) is 0 Å². The van der Waals surface area contributed by atoms with Crippen molar-refractivity contribution >= 4 is 12.0 Å². The zero-order valence-electron chi connectivity index (χ0n) is 9.19. The third-order valence-corrected chi connectivity index (χ3v) is 1.79. The van der Waals surface area contributed by atoms with Crippen molar-refractivity contribution in [1.82, 2.24) is 4.90 Å². The molecule has 0 amide bonds. The summed E-state index contributed by atoms with van der Waals surface area (Å²) in [4.78, 5) is 13.2. The largest absolute Gasteiger partial charge is 0.465 e. The smallest absolute Gasteiger partial charge is 0.354 e. The molecule has 1 aromatic rings. The summed E-state index contributed by atoms with van der Waals surface area (Å²) in [6.45, 7) is 2.14. The monoisotopic (exact) mass is 209 g/mol. The van der Waals surface area contributed by atoms with Gasteiger partial charge in [-0.15, -0.1) is 0 Å². The lowest BCUT2D eigenvalue weighted by molar-refractivity contribution is -0.139. The topological polar surface area (TPSA) is 42.7 Å². The standard InChI is InChI=1S/C11H15NO3/c1-4-14-11(13)10(12(2)3)8-9-6-5-7-15-9/h5-8H,4H2,1-3H3. The highest BCUT2D eigenvalue weighted by Gasteiger charge is 2.13. The summed E-state index contributed by atoms with van der Waals surface area (Å²) in [7, 11) is 3.57. The van der Waals surface area contributed by atoms with Crippen LogP contribution in [0.15, 0.2) is 28.5 Å². The Kier molecular flexibility index (Phi) is 3.97. The average molecular weight is 209 g/mol. The molecule has 0 atom stereocenters. The summed E-state index contributed by atoms with van der Waals surface area (Å²) in [5.74, 6) is 0.283. The van der Waals surface area contributed by atoms with Gasteiger partial charge in [0.25, 0.3) is 0 Å². The highest BCUT2D eigenvalue weighted by molar-refractivity contribution is 5.92. The highest BCUT2D eigenvalue weighted by Crippen LogP contribution is 2.10. The van der Waals surface area contributed by atoms with Crippen molar-refractivity contribution < 1.29 is 13.9 Å². The Hall–Kier alpha value is -1.71. The first-order valence-corrected chi connectivity index (χ1v) is 4.74. The van der Waals surface area contributed by atoms with Crippen LogP contribution < -0.4 is 0 Å². The number of carbonyl (C=O) groups is 1. The molecule has 0 radical (unpaired) electrons. The number of hydrogen-bond donors (Lipinski definition) is 0. The van der Waals surface area contributed by atoms with Crippen LogP contribution in [0, 0.1) is 0 Å². The van der Waals surface area contributed by atoms with Crippen LogP contribution in [0.3, 0.4) is 0 Å². The Morgan fingerprint density at radius 2 is 2.33 bits per heavy atom. The first-order valence-electron chi connectivity index (χ1n) is 4.74. The number of rotatable bonds is 4. The first-order chi connectivity index (χ1) is 7.15. The zero-order valence-corrected chi connectivity index (χ0v) is 9.19. The maximum Gasteiger partial charge on any atom is 0.354 e. The van der Waals surface area contributed by atoms with E-state index in [0.29, 0.717) is 18.1 Å². The summed E-state index contributed by atoms with van der Waals surface area (Å²) in [6, 6.07) is 3.55. The molecule has 1 heterocycles. The van der Waals surface area contributed by atoms with Gasteiger partial charge in [0.05, 0.1) is 12.9 Å². The van der Waals surface area contributed by atoms with Crippen molar-refractivity contribution in [2.45, 2.75) is 6.92 Å². The maximum atomic E-state index is 11.5. The van der Waals surface area contributed by atoms with Gasteiger partial charge in [-0.2, -0.15) is 0 Å². The second-order valence-electron chi connectivity index (χ2n) is 3.16. The molecular weight excluding hydrogens is 194 g/mol. The molecule has 4 nitrogen and oxygen atoms in total. The number of furan rings is 1. The first kappa shape index (κ1) is 11.4. The molecule has 0 saturated carbocycles. The molecular formula is C11H15NO3. The fourth-order valence-corrected chi connectivity index (χ4v) is 1.08. The van der Waals surface area contributed by atoms with Crippen LogP contribution in [0.25, 0.3) is 6.08 Å². The van der Waals surface area contributed by atoms with Gasteiger partial charge >= 0.3 is 5.97 Å². The van der Waals surface area contributed by atoms with Crippen LogP contribution in [0.2, 0.25) is 0 Å². The van der Waals surface area contributed by atoms with Crippen LogP contribution in [0.5, 0.6) is 0 Å². The van der Waals surface area contributed by atoms with Crippen LogP contribution in [-0.2, 0) is 9.53 Å². The van der Waals surface area contributed by atoms with E-state index in [0.717, 1.165) is 0 Å². The van der Waals surface area contributed by atoms with E-state index in [9.17, 15) is 4.79 Å². The van der Waals surface area contributed by atoms with Gasteiger partial charge in [-0.1, -0.05) is 0 Å². The number of nitrogens with zero attached hydrogens (tertiary/aromatic N) is 1. The number of hydrogen-bond acceptors (Lipinski definition) is 4. The molecule has 0 aliphatic carbocycles. The van der Waals surface area contributed by atoms with E-state index in [-0.39, 0.29) is 5.97 Å². The summed E-state index contributed by atoms with van der Waals surface area (Å²) in [5.41, 5.74) is 0.465. The molecule has 0 fully saturated rings. The van der Waals surface area contributed by atoms with Gasteiger partial charge in [-0.05, 0) is 19.1 Å². The van der Waals surface area contributed by atoms with E-state index in [4.69, 9.17) is 9.15 Å². The van der Waals surface area contributed by atoms with Crippen LogP contribution in [0.4, 0.5) is 0 Å². The van der Waals surface area contributed by atoms with Crippen molar-refractivity contribution in [2.75, 3.05) is 20.7 Å². The summed E-state index contributed by atoms with van der Waals surface area (Å²) in [5, 5.41) is 0. The third kappa shape index (κ3) is 3.16. The minimum atomic E-state index is -0.348. The van der Waals surface area contributed by atoms with Gasteiger partial charge in [0.1, 0.15) is 11.5 Å². The maximum absolute atomic E-state index is 11.5. The van der Waals surface area contributed by atoms with E-state index in [2.05, 4.69) is 0 Å². The zero-order chi connectivity index (χ0) is 11.3. The predicted octanol–water partition coefficient (Wildman–Crippen LogP) is 1.75. The molecule has 82 valence electrons. The van der Waals surface area contributed by atoms with Crippen LogP contribution in [0.1, 0.15) is 12.7 Å². The Morgan fingerprint density at radius 1 is 1.60 bits per heavy atom. The van der Waals surface area contributed by atoms with Crippen molar-refractivity contribution in [2.24, 2.45) is 0 Å². The summed E-state index contributed by atoms with van der Waals surface area (Å²) in [6.07, 6.45) is 3.21. The van der Waals surface area contributed by atoms with Gasteiger partial charge in [-0.25, -0.2) is 4.79 Å². The Balaban J connectivity index is 2.87. The quantitative estimate of drug-likeness (QED) is 0.559. The van der Waals surface area contributed by atoms with E-state index in [1.807, 2.05) is 0 Å². The molecule has 0 aromatic carbocycles. The normalized spacial score (nSPS) is 11.3. The fraction of sp³-hybridized carbons (Fsp3) is 0.364. The molecule has 0 spiro atoms. The minimum Gasteiger partial charge on any atom is -0.465 e. The van der Waals surface area contributed by atoms with Crippen LogP contribution >= 0.6 is 0 Å². The second-order valence-corrected chi connectivity index (χ2v) is 3.16. The fourth-order valence-electron chi connectivity index (χ4n) is 1.08. The van der Waals surface area contributed by atoms with E-state index >= 15 is 0 Å². The van der Waals surface area contributed by atoms with Gasteiger partial charge in [-0.3, -0.25) is 0 Å². The molecule has 0 N–H and O–H groups in total. The molecule has 4 heteroatoms. The molecule has 0 saturated heterocycles. The van der Waals surface area contributed by atoms with Crippen molar-refractivity contribution in [3.05, 3.63) is 29.9 Å². The van der Waals surface area contributed by atoms with Gasteiger partial charge < -0.3 is 14.1 Å². The minimum absolute atomic E-state index is 0.348. The number of esters is 1. The predicted molar refractivity (Wildman–Crippen MR) is 57.0 cm³/mol.